The standard InChI is InChI=1S/C26H39N5O3S/c1-7-12-13-15-24(21(6)28-32)20-31(19-22(9-3)25(10-4)29-33)17-16-27-18-23(14-8-2)26(11-5)35-30-34/h8-11,14-15,27H,5-7,12-13,16-20H2,1-4H3/b14-8-,22-9-,24-15-,25-10+,26-23-. The Labute approximate surface area is 214 Å². The van der Waals surface area contributed by atoms with Gasteiger partial charge in [0.1, 0.15) is 11.4 Å². The van der Waals surface area contributed by atoms with Gasteiger partial charge < -0.3 is 5.32 Å². The minimum Gasteiger partial charge on any atom is -0.311 e. The highest BCUT2D eigenvalue weighted by atomic mass is 32.2. The fraction of sp³-hybridized carbons (Fsp3) is 0.462. The van der Waals surface area contributed by atoms with Crippen LogP contribution in [-0.4, -0.2) is 37.6 Å². The summed E-state index contributed by atoms with van der Waals surface area (Å²) < 4.78 is 2.90. The van der Waals surface area contributed by atoms with Crippen LogP contribution in [0, 0.1) is 14.7 Å². The molecular formula is C26H39N5O3S. The van der Waals surface area contributed by atoms with Crippen molar-refractivity contribution in [3.63, 3.8) is 0 Å². The van der Waals surface area contributed by atoms with Crippen molar-refractivity contribution in [1.29, 1.82) is 0 Å². The molecule has 0 saturated carbocycles. The first-order valence-electron chi connectivity index (χ1n) is 11.7. The number of nitrogens with zero attached hydrogens (tertiary/aromatic N) is 4. The first-order chi connectivity index (χ1) is 16.9. The van der Waals surface area contributed by atoms with Crippen LogP contribution in [0.3, 0.4) is 0 Å². The van der Waals surface area contributed by atoms with Gasteiger partial charge in [-0.2, -0.15) is 0 Å². The van der Waals surface area contributed by atoms with Crippen molar-refractivity contribution in [2.75, 3.05) is 32.7 Å². The Morgan fingerprint density at radius 2 is 1.77 bits per heavy atom. The Hall–Kier alpha value is -2.75. The topological polar surface area (TPSA) is 104 Å². The summed E-state index contributed by atoms with van der Waals surface area (Å²) in [5, 5.41) is 9.60. The third-order valence-electron chi connectivity index (χ3n) is 5.19. The zero-order chi connectivity index (χ0) is 26.5. The van der Waals surface area contributed by atoms with Crippen molar-refractivity contribution in [2.45, 2.75) is 47.0 Å². The van der Waals surface area contributed by atoms with Gasteiger partial charge in [-0.3, -0.25) is 4.90 Å². The molecule has 0 fully saturated rings. The Kier molecular flexibility index (Phi) is 19.0. The molecule has 0 aliphatic carbocycles. The van der Waals surface area contributed by atoms with Crippen LogP contribution in [0.4, 0.5) is 0 Å². The molecule has 192 valence electrons. The lowest BCUT2D eigenvalue weighted by atomic mass is 10.1. The fourth-order valence-electron chi connectivity index (χ4n) is 3.28. The molecular weight excluding hydrogens is 462 g/mol. The van der Waals surface area contributed by atoms with E-state index in [-0.39, 0.29) is 5.70 Å². The molecule has 8 nitrogen and oxygen atoms in total. The third-order valence-corrected chi connectivity index (χ3v) is 5.89. The lowest BCUT2D eigenvalue weighted by molar-refractivity contribution is 0.322. The third kappa shape index (κ3) is 13.1. The molecule has 0 aromatic carbocycles. The lowest BCUT2D eigenvalue weighted by Gasteiger charge is -2.25. The van der Waals surface area contributed by atoms with Gasteiger partial charge in [0.05, 0.1) is 11.9 Å². The Morgan fingerprint density at radius 1 is 1.06 bits per heavy atom. The van der Waals surface area contributed by atoms with E-state index in [9.17, 15) is 14.7 Å². The normalized spacial score (nSPS) is 13.7. The summed E-state index contributed by atoms with van der Waals surface area (Å²) in [5.74, 6) is 0. The van der Waals surface area contributed by atoms with E-state index in [0.717, 1.165) is 47.9 Å². The summed E-state index contributed by atoms with van der Waals surface area (Å²) >= 11 is 0.850. The Bertz CT molecular complexity index is 872. The molecule has 0 rings (SSSR count). The second-order valence-electron chi connectivity index (χ2n) is 7.64. The van der Waals surface area contributed by atoms with Crippen LogP contribution in [0.5, 0.6) is 0 Å². The molecule has 35 heavy (non-hydrogen) atoms. The summed E-state index contributed by atoms with van der Waals surface area (Å²) in [7, 11) is 0. The summed E-state index contributed by atoms with van der Waals surface area (Å²) in [6.07, 6.45) is 13.9. The van der Waals surface area contributed by atoms with Gasteiger partial charge in [0.2, 0.25) is 0 Å². The van der Waals surface area contributed by atoms with Gasteiger partial charge in [0.25, 0.3) is 0 Å². The Morgan fingerprint density at radius 3 is 2.29 bits per heavy atom. The van der Waals surface area contributed by atoms with E-state index in [1.165, 1.54) is 0 Å². The monoisotopic (exact) mass is 501 g/mol. The second-order valence-corrected chi connectivity index (χ2v) is 8.41. The van der Waals surface area contributed by atoms with Crippen molar-refractivity contribution in [2.24, 2.45) is 14.9 Å². The molecule has 0 unspecified atom stereocenters. The van der Waals surface area contributed by atoms with E-state index in [1.54, 1.807) is 19.1 Å². The number of nitrogens with one attached hydrogen (secondary N) is 1. The molecule has 0 bridgehead atoms. The number of rotatable bonds is 20. The van der Waals surface area contributed by atoms with Crippen LogP contribution in [0.2, 0.25) is 0 Å². The summed E-state index contributed by atoms with van der Waals surface area (Å²) in [5.41, 5.74) is 3.10. The number of hydrogen-bond donors (Lipinski definition) is 1. The second kappa shape index (κ2) is 20.6. The zero-order valence-corrected chi connectivity index (χ0v) is 22.3. The highest BCUT2D eigenvalue weighted by Gasteiger charge is 2.15. The SMILES string of the molecule is C=C/C(SN=O)=C(\C=C/C)CNCCN(C/C(=C/CCCC)C(=C)N=O)CC(=C/C)/C(=C\C)N=O. The largest absolute Gasteiger partial charge is 0.311 e. The molecule has 9 heteroatoms. The number of nitroso groups, excluding NO2 is 3. The van der Waals surface area contributed by atoms with E-state index in [4.69, 9.17) is 0 Å². The average Bonchev–Trinajstić information content (AvgIpc) is 2.87. The minimum absolute atomic E-state index is 0.216. The summed E-state index contributed by atoms with van der Waals surface area (Å²) in [6.45, 7) is 17.9. The molecule has 0 aromatic heterocycles. The van der Waals surface area contributed by atoms with Crippen molar-refractivity contribution in [3.8, 4) is 0 Å². The number of unbranched alkanes of at least 4 members (excludes halogenated alkanes) is 2. The maximum absolute atomic E-state index is 11.3. The van der Waals surface area contributed by atoms with Crippen molar-refractivity contribution >= 4 is 11.9 Å². The predicted octanol–water partition coefficient (Wildman–Crippen LogP) is 7.32. The molecule has 0 heterocycles. The molecule has 1 N–H and O–H groups in total. The molecule has 0 spiro atoms. The van der Waals surface area contributed by atoms with E-state index < -0.39 is 0 Å². The van der Waals surface area contributed by atoms with E-state index in [2.05, 4.69) is 45.2 Å². The van der Waals surface area contributed by atoms with Gasteiger partial charge in [-0.25, -0.2) is 0 Å². The van der Waals surface area contributed by atoms with Crippen LogP contribution >= 0.6 is 11.9 Å². The van der Waals surface area contributed by atoms with Crippen LogP contribution < -0.4 is 5.32 Å². The Balaban J connectivity index is 5.68. The minimum atomic E-state index is 0.216. The van der Waals surface area contributed by atoms with E-state index in [1.807, 2.05) is 38.2 Å². The fourth-order valence-corrected chi connectivity index (χ4v) is 3.69. The van der Waals surface area contributed by atoms with Gasteiger partial charge >= 0.3 is 0 Å². The molecule has 0 amide bonds. The first kappa shape index (κ1) is 32.2. The zero-order valence-electron chi connectivity index (χ0n) is 21.5. The highest BCUT2D eigenvalue weighted by Crippen LogP contribution is 2.22. The van der Waals surface area contributed by atoms with E-state index >= 15 is 0 Å². The molecule has 0 aromatic rings. The molecule has 0 atom stereocenters. The van der Waals surface area contributed by atoms with Gasteiger partial charge in [-0.05, 0) is 54.3 Å². The van der Waals surface area contributed by atoms with Crippen LogP contribution in [0.15, 0.2) is 97.6 Å². The molecule has 0 saturated heterocycles. The van der Waals surface area contributed by atoms with Crippen molar-refractivity contribution in [1.82, 2.24) is 10.2 Å². The van der Waals surface area contributed by atoms with Gasteiger partial charge in [-0.15, -0.1) is 14.7 Å². The smallest absolute Gasteiger partial charge is 0.107 e. The molecule has 0 aliphatic rings. The highest BCUT2D eigenvalue weighted by molar-refractivity contribution is 8.01. The lowest BCUT2D eigenvalue weighted by Crippen LogP contribution is -2.36. The van der Waals surface area contributed by atoms with Crippen molar-refractivity contribution < 1.29 is 0 Å². The van der Waals surface area contributed by atoms with Gasteiger partial charge in [-0.1, -0.05) is 69.4 Å². The van der Waals surface area contributed by atoms with Crippen LogP contribution in [-0.2, 0) is 0 Å². The average molecular weight is 502 g/mol. The van der Waals surface area contributed by atoms with E-state index in [0.29, 0.717) is 43.3 Å². The maximum atomic E-state index is 11.3. The molecule has 0 aliphatic heterocycles. The van der Waals surface area contributed by atoms with Gasteiger partial charge in [0, 0.05) is 42.2 Å². The first-order valence-corrected chi connectivity index (χ1v) is 12.5. The van der Waals surface area contributed by atoms with Crippen LogP contribution in [0.25, 0.3) is 0 Å². The number of allylic oxidation sites excluding steroid dienone is 5. The van der Waals surface area contributed by atoms with Gasteiger partial charge in [0.15, 0.2) is 0 Å². The van der Waals surface area contributed by atoms with Crippen LogP contribution in [0.1, 0.15) is 47.0 Å². The molecule has 0 radical (unpaired) electrons. The number of hydrogen-bond acceptors (Lipinski definition) is 9. The summed E-state index contributed by atoms with van der Waals surface area (Å²) in [4.78, 5) is 36.1. The summed E-state index contributed by atoms with van der Waals surface area (Å²) in [6, 6.07) is 0. The predicted molar refractivity (Wildman–Crippen MR) is 151 cm³/mol. The van der Waals surface area contributed by atoms with Crippen molar-refractivity contribution in [3.05, 3.63) is 97.4 Å². The quantitative estimate of drug-likeness (QED) is 0.0811. The maximum Gasteiger partial charge on any atom is 0.107 e.